The fourth-order valence-electron chi connectivity index (χ4n) is 1.53. The molecule has 0 aliphatic heterocycles. The Bertz CT molecular complexity index is 383. The monoisotopic (exact) mass is 274 g/mol. The van der Waals surface area contributed by atoms with Crippen molar-refractivity contribution in [2.24, 2.45) is 0 Å². The van der Waals surface area contributed by atoms with Gasteiger partial charge in [0, 0.05) is 10.2 Å². The SMILES string of the molecule is CCOc1cc([SiH3])c(Cl)c(OCC)c1OCC. The van der Waals surface area contributed by atoms with Crippen LogP contribution < -0.4 is 19.4 Å². The lowest BCUT2D eigenvalue weighted by atomic mass is 10.3. The minimum absolute atomic E-state index is 0.552. The molecule has 96 valence electrons. The van der Waals surface area contributed by atoms with Crippen molar-refractivity contribution in [2.45, 2.75) is 20.8 Å². The molecule has 0 unspecified atom stereocenters. The summed E-state index contributed by atoms with van der Waals surface area (Å²) in [6.07, 6.45) is 0. The van der Waals surface area contributed by atoms with Crippen molar-refractivity contribution in [1.82, 2.24) is 0 Å². The first-order valence-electron chi connectivity index (χ1n) is 5.87. The second kappa shape index (κ2) is 6.76. The van der Waals surface area contributed by atoms with Crippen molar-refractivity contribution < 1.29 is 14.2 Å². The van der Waals surface area contributed by atoms with Crippen LogP contribution in [0.4, 0.5) is 0 Å². The minimum atomic E-state index is 0.552. The number of ether oxygens (including phenoxy) is 3. The van der Waals surface area contributed by atoms with Crippen LogP contribution in [-0.2, 0) is 0 Å². The highest BCUT2D eigenvalue weighted by atomic mass is 35.5. The van der Waals surface area contributed by atoms with Crippen LogP contribution in [0, 0.1) is 0 Å². The van der Waals surface area contributed by atoms with Crippen molar-refractivity contribution in [2.75, 3.05) is 19.8 Å². The molecule has 0 heterocycles. The Labute approximate surface area is 110 Å². The van der Waals surface area contributed by atoms with Gasteiger partial charge in [-0.25, -0.2) is 0 Å². The van der Waals surface area contributed by atoms with E-state index in [1.54, 1.807) is 0 Å². The average Bonchev–Trinajstić information content (AvgIpc) is 2.30. The molecule has 0 aromatic heterocycles. The smallest absolute Gasteiger partial charge is 0.205 e. The third-order valence-electron chi connectivity index (χ3n) is 2.20. The molecular weight excluding hydrogens is 256 g/mol. The number of hydrogen-bond acceptors (Lipinski definition) is 3. The summed E-state index contributed by atoms with van der Waals surface area (Å²) in [7, 11) is 0.842. The summed E-state index contributed by atoms with van der Waals surface area (Å²) in [6, 6.07) is 1.94. The molecule has 0 aliphatic carbocycles. The summed E-state index contributed by atoms with van der Waals surface area (Å²) in [5, 5.41) is 1.70. The van der Waals surface area contributed by atoms with E-state index >= 15 is 0 Å². The van der Waals surface area contributed by atoms with Gasteiger partial charge in [0.25, 0.3) is 0 Å². The van der Waals surface area contributed by atoms with Gasteiger partial charge in [-0.3, -0.25) is 0 Å². The predicted octanol–water partition coefficient (Wildman–Crippen LogP) is 1.53. The van der Waals surface area contributed by atoms with Crippen LogP contribution in [0.1, 0.15) is 20.8 Å². The lowest BCUT2D eigenvalue weighted by Crippen LogP contribution is -2.11. The van der Waals surface area contributed by atoms with Crippen LogP contribution in [0.5, 0.6) is 17.2 Å². The molecular formula is C12H19ClO3Si. The third-order valence-corrected chi connectivity index (χ3v) is 3.78. The molecule has 0 spiro atoms. The Kier molecular flexibility index (Phi) is 5.65. The van der Waals surface area contributed by atoms with Gasteiger partial charge in [-0.05, 0) is 32.0 Å². The molecule has 0 aliphatic rings. The molecule has 0 saturated carbocycles. The molecule has 0 radical (unpaired) electrons. The largest absolute Gasteiger partial charge is 0.490 e. The molecule has 0 fully saturated rings. The first kappa shape index (κ1) is 14.2. The quantitative estimate of drug-likeness (QED) is 0.737. The van der Waals surface area contributed by atoms with E-state index < -0.39 is 0 Å². The molecule has 17 heavy (non-hydrogen) atoms. The predicted molar refractivity (Wildman–Crippen MR) is 74.5 cm³/mol. The Balaban J connectivity index is 3.29. The van der Waals surface area contributed by atoms with Crippen LogP contribution in [0.3, 0.4) is 0 Å². The lowest BCUT2D eigenvalue weighted by Gasteiger charge is -2.18. The van der Waals surface area contributed by atoms with Crippen LogP contribution in [0.15, 0.2) is 6.07 Å². The van der Waals surface area contributed by atoms with Crippen LogP contribution in [0.2, 0.25) is 5.02 Å². The Morgan fingerprint density at radius 2 is 1.53 bits per heavy atom. The van der Waals surface area contributed by atoms with Gasteiger partial charge in [0.15, 0.2) is 11.5 Å². The van der Waals surface area contributed by atoms with Crippen molar-refractivity contribution >= 4 is 27.0 Å². The van der Waals surface area contributed by atoms with Gasteiger partial charge >= 0.3 is 0 Å². The van der Waals surface area contributed by atoms with Crippen molar-refractivity contribution in [3.8, 4) is 17.2 Å². The zero-order valence-electron chi connectivity index (χ0n) is 10.8. The fraction of sp³-hybridized carbons (Fsp3) is 0.500. The zero-order valence-corrected chi connectivity index (χ0v) is 13.6. The summed E-state index contributed by atoms with van der Waals surface area (Å²) >= 11 is 6.26. The molecule has 1 aromatic carbocycles. The van der Waals surface area contributed by atoms with Gasteiger partial charge < -0.3 is 14.2 Å². The van der Waals surface area contributed by atoms with Crippen molar-refractivity contribution in [3.05, 3.63) is 11.1 Å². The van der Waals surface area contributed by atoms with Crippen molar-refractivity contribution in [1.29, 1.82) is 0 Å². The average molecular weight is 275 g/mol. The topological polar surface area (TPSA) is 27.7 Å². The first-order valence-corrected chi connectivity index (χ1v) is 7.24. The van der Waals surface area contributed by atoms with E-state index in [4.69, 9.17) is 25.8 Å². The molecule has 0 N–H and O–H groups in total. The fourth-order valence-corrected chi connectivity index (χ4v) is 2.22. The standard InChI is InChI=1S/C12H19ClO3Si/c1-4-14-8-7-9(17)10(13)12(16-6-3)11(8)15-5-2/h7H,4-6H2,1-3,17H3. The summed E-state index contributed by atoms with van der Waals surface area (Å²) in [5.41, 5.74) is 0. The van der Waals surface area contributed by atoms with Gasteiger partial charge in [-0.2, -0.15) is 0 Å². The van der Waals surface area contributed by atoms with E-state index in [0.717, 1.165) is 15.4 Å². The number of halogens is 1. The van der Waals surface area contributed by atoms with E-state index in [1.807, 2.05) is 26.8 Å². The molecule has 1 aromatic rings. The molecule has 0 bridgehead atoms. The number of rotatable bonds is 6. The van der Waals surface area contributed by atoms with Gasteiger partial charge in [-0.15, -0.1) is 0 Å². The Morgan fingerprint density at radius 3 is 2.06 bits per heavy atom. The molecule has 0 atom stereocenters. The Hall–Kier alpha value is -0.873. The Morgan fingerprint density at radius 1 is 1.00 bits per heavy atom. The van der Waals surface area contributed by atoms with E-state index in [0.29, 0.717) is 42.1 Å². The summed E-state index contributed by atoms with van der Waals surface area (Å²) < 4.78 is 16.7. The highest BCUT2D eigenvalue weighted by Gasteiger charge is 2.18. The maximum absolute atomic E-state index is 6.26. The van der Waals surface area contributed by atoms with E-state index in [1.165, 1.54) is 0 Å². The maximum Gasteiger partial charge on any atom is 0.205 e. The van der Waals surface area contributed by atoms with Gasteiger partial charge in [-0.1, -0.05) is 11.6 Å². The van der Waals surface area contributed by atoms with Crippen LogP contribution in [-0.4, -0.2) is 30.1 Å². The molecule has 0 saturated heterocycles. The summed E-state index contributed by atoms with van der Waals surface area (Å²) in [4.78, 5) is 0. The molecule has 5 heteroatoms. The lowest BCUT2D eigenvalue weighted by molar-refractivity contribution is 0.261. The maximum atomic E-state index is 6.26. The van der Waals surface area contributed by atoms with Gasteiger partial charge in [0.2, 0.25) is 5.75 Å². The zero-order chi connectivity index (χ0) is 12.8. The van der Waals surface area contributed by atoms with Crippen LogP contribution >= 0.6 is 11.6 Å². The summed E-state index contributed by atoms with van der Waals surface area (Å²) in [5.74, 6) is 1.93. The first-order chi connectivity index (χ1) is 8.15. The normalized spacial score (nSPS) is 10.4. The third kappa shape index (κ3) is 3.29. The number of hydrogen-bond donors (Lipinski definition) is 0. The van der Waals surface area contributed by atoms with Gasteiger partial charge in [0.05, 0.1) is 24.8 Å². The number of benzene rings is 1. The highest BCUT2D eigenvalue weighted by Crippen LogP contribution is 2.41. The summed E-state index contributed by atoms with van der Waals surface area (Å²) in [6.45, 7) is 7.49. The van der Waals surface area contributed by atoms with Crippen molar-refractivity contribution in [3.63, 3.8) is 0 Å². The molecule has 0 amide bonds. The molecule has 1 rings (SSSR count). The van der Waals surface area contributed by atoms with E-state index in [-0.39, 0.29) is 0 Å². The second-order valence-corrected chi connectivity index (χ2v) is 4.92. The highest BCUT2D eigenvalue weighted by molar-refractivity contribution is 6.46. The second-order valence-electron chi connectivity index (χ2n) is 3.46. The molecule has 3 nitrogen and oxygen atoms in total. The van der Waals surface area contributed by atoms with Gasteiger partial charge in [0.1, 0.15) is 0 Å². The van der Waals surface area contributed by atoms with Crippen LogP contribution in [0.25, 0.3) is 0 Å². The van der Waals surface area contributed by atoms with E-state index in [9.17, 15) is 0 Å². The van der Waals surface area contributed by atoms with E-state index in [2.05, 4.69) is 0 Å². The minimum Gasteiger partial charge on any atom is -0.490 e.